The van der Waals surface area contributed by atoms with Crippen molar-refractivity contribution in [3.8, 4) is 0 Å². The number of carboxylic acid groups (broad SMARTS) is 3. The number of likely N-dealkylation sites (tertiary alicyclic amines) is 1. The zero-order valence-corrected chi connectivity index (χ0v) is 19.6. The van der Waals surface area contributed by atoms with Crippen LogP contribution in [-0.4, -0.2) is 77.9 Å². The molecule has 0 aromatic carbocycles. The molecule has 1 aliphatic rings. The average molecular weight is 492 g/mol. The maximum absolute atomic E-state index is 11.6. The Morgan fingerprint density at radius 3 is 2.00 bits per heavy atom. The highest BCUT2D eigenvalue weighted by Gasteiger charge is 2.29. The predicted molar refractivity (Wildman–Crippen MR) is 123 cm³/mol. The third-order valence-electron chi connectivity index (χ3n) is 4.30. The molecule has 2 aromatic heterocycles. The second-order valence-corrected chi connectivity index (χ2v) is 8.26. The summed E-state index contributed by atoms with van der Waals surface area (Å²) in [6.45, 7) is 6.37. The third-order valence-corrected chi connectivity index (χ3v) is 4.30. The Labute approximate surface area is 201 Å². The molecule has 0 atom stereocenters. The molecular formula is C22H29N5O8. The van der Waals surface area contributed by atoms with E-state index in [4.69, 9.17) is 25.8 Å². The number of ether oxygens (including phenoxy) is 1. The van der Waals surface area contributed by atoms with Crippen molar-refractivity contribution < 1.29 is 39.2 Å². The lowest BCUT2D eigenvalue weighted by Gasteiger charge is -2.32. The van der Waals surface area contributed by atoms with Gasteiger partial charge in [-0.3, -0.25) is 9.78 Å². The molecule has 2 aromatic rings. The molecule has 0 unspecified atom stereocenters. The zero-order valence-electron chi connectivity index (χ0n) is 19.6. The van der Waals surface area contributed by atoms with Gasteiger partial charge in [0.15, 0.2) is 5.69 Å². The molecule has 3 rings (SSSR count). The molecule has 0 aliphatic carbocycles. The number of nitrogens with two attached hydrogens (primary N) is 1. The number of hydrogen-bond donors (Lipinski definition) is 4. The fourth-order valence-corrected chi connectivity index (χ4v) is 2.57. The molecule has 1 saturated heterocycles. The maximum atomic E-state index is 11.6. The largest absolute Gasteiger partial charge is 0.481 e. The molecule has 0 saturated carbocycles. The van der Waals surface area contributed by atoms with E-state index in [9.17, 15) is 19.2 Å². The van der Waals surface area contributed by atoms with E-state index in [2.05, 4.69) is 15.0 Å². The van der Waals surface area contributed by atoms with Crippen LogP contribution in [0, 0.1) is 5.92 Å². The van der Waals surface area contributed by atoms with Crippen LogP contribution in [-0.2, 0) is 9.53 Å². The molecule has 13 heteroatoms. The van der Waals surface area contributed by atoms with Crippen LogP contribution in [0.3, 0.4) is 0 Å². The summed E-state index contributed by atoms with van der Waals surface area (Å²) in [5.74, 6) is -2.93. The first-order valence-corrected chi connectivity index (χ1v) is 10.4. The Hall–Kier alpha value is -4.29. The molecule has 35 heavy (non-hydrogen) atoms. The second kappa shape index (κ2) is 13.4. The van der Waals surface area contributed by atoms with Crippen molar-refractivity contribution in [3.63, 3.8) is 0 Å². The van der Waals surface area contributed by atoms with Gasteiger partial charge in [-0.2, -0.15) is 0 Å². The van der Waals surface area contributed by atoms with Gasteiger partial charge in [0.1, 0.15) is 11.4 Å². The fraction of sp³-hybridized carbons (Fsp3) is 0.409. The predicted octanol–water partition coefficient (Wildman–Crippen LogP) is 2.25. The molecule has 5 N–H and O–H groups in total. The normalized spacial score (nSPS) is 13.3. The van der Waals surface area contributed by atoms with Crippen LogP contribution in [0.15, 0.2) is 36.9 Å². The summed E-state index contributed by atoms with van der Waals surface area (Å²) in [5.41, 5.74) is 4.78. The number of amides is 1. The van der Waals surface area contributed by atoms with E-state index in [0.29, 0.717) is 25.9 Å². The zero-order chi connectivity index (χ0) is 26.6. The van der Waals surface area contributed by atoms with Crippen LogP contribution in [0.25, 0.3) is 0 Å². The van der Waals surface area contributed by atoms with E-state index in [-0.39, 0.29) is 29.1 Å². The minimum absolute atomic E-state index is 0.103. The Bertz CT molecular complexity index is 985. The number of nitrogen functional groups attached to an aromatic ring is 1. The number of hydrogen-bond acceptors (Lipinski definition) is 9. The summed E-state index contributed by atoms with van der Waals surface area (Å²) in [7, 11) is 0. The van der Waals surface area contributed by atoms with Gasteiger partial charge < -0.3 is 30.7 Å². The Morgan fingerprint density at radius 2 is 1.63 bits per heavy atom. The van der Waals surface area contributed by atoms with Crippen molar-refractivity contribution in [1.82, 2.24) is 19.9 Å². The molecule has 1 aliphatic heterocycles. The Balaban J connectivity index is 0.000000278. The molecular weight excluding hydrogens is 462 g/mol. The number of carbonyl (C=O) groups is 4. The van der Waals surface area contributed by atoms with Crippen molar-refractivity contribution in [2.75, 3.05) is 18.8 Å². The highest BCUT2D eigenvalue weighted by atomic mass is 16.6. The van der Waals surface area contributed by atoms with Gasteiger partial charge in [0.25, 0.3) is 0 Å². The lowest BCUT2D eigenvalue weighted by molar-refractivity contribution is -0.143. The first-order valence-electron chi connectivity index (χ1n) is 10.4. The summed E-state index contributed by atoms with van der Waals surface area (Å²) in [5, 5.41) is 25.5. The number of aliphatic carboxylic acids is 1. The van der Waals surface area contributed by atoms with Gasteiger partial charge in [-0.15, -0.1) is 0 Å². The fourth-order valence-electron chi connectivity index (χ4n) is 2.57. The van der Waals surface area contributed by atoms with E-state index in [1.807, 2.05) is 20.8 Å². The lowest BCUT2D eigenvalue weighted by Crippen LogP contribution is -2.42. The topological polar surface area (TPSA) is 206 Å². The summed E-state index contributed by atoms with van der Waals surface area (Å²) >= 11 is 0. The van der Waals surface area contributed by atoms with Gasteiger partial charge in [0, 0.05) is 25.5 Å². The molecule has 1 fully saturated rings. The number of aromatic carboxylic acids is 2. The molecule has 3 heterocycles. The quantitative estimate of drug-likeness (QED) is 0.487. The van der Waals surface area contributed by atoms with E-state index in [1.54, 1.807) is 11.0 Å². The summed E-state index contributed by atoms with van der Waals surface area (Å²) < 4.78 is 5.21. The molecule has 13 nitrogen and oxygen atoms in total. The van der Waals surface area contributed by atoms with Crippen LogP contribution in [0.4, 0.5) is 10.6 Å². The van der Waals surface area contributed by atoms with E-state index < -0.39 is 23.5 Å². The Morgan fingerprint density at radius 1 is 1.00 bits per heavy atom. The van der Waals surface area contributed by atoms with E-state index >= 15 is 0 Å². The van der Waals surface area contributed by atoms with Crippen molar-refractivity contribution in [1.29, 1.82) is 0 Å². The summed E-state index contributed by atoms with van der Waals surface area (Å²) in [6.07, 6.45) is 5.82. The third kappa shape index (κ3) is 11.4. The van der Waals surface area contributed by atoms with Gasteiger partial charge >= 0.3 is 24.0 Å². The summed E-state index contributed by atoms with van der Waals surface area (Å²) in [6, 6.07) is 3.08. The molecule has 0 radical (unpaired) electrons. The monoisotopic (exact) mass is 491 g/mol. The van der Waals surface area contributed by atoms with Crippen molar-refractivity contribution >= 4 is 29.8 Å². The van der Waals surface area contributed by atoms with Gasteiger partial charge in [0.2, 0.25) is 0 Å². The minimum atomic E-state index is -1.10. The highest BCUT2D eigenvalue weighted by Crippen LogP contribution is 2.19. The van der Waals surface area contributed by atoms with Crippen LogP contribution < -0.4 is 5.73 Å². The minimum Gasteiger partial charge on any atom is -0.481 e. The van der Waals surface area contributed by atoms with Crippen molar-refractivity contribution in [2.24, 2.45) is 5.92 Å². The smallest absolute Gasteiger partial charge is 0.410 e. The van der Waals surface area contributed by atoms with Crippen LogP contribution in [0.2, 0.25) is 0 Å². The van der Waals surface area contributed by atoms with Crippen molar-refractivity contribution in [3.05, 3.63) is 48.2 Å². The second-order valence-electron chi connectivity index (χ2n) is 8.26. The molecule has 0 bridgehead atoms. The van der Waals surface area contributed by atoms with E-state index in [0.717, 1.165) is 6.20 Å². The number of pyridine rings is 1. The first-order chi connectivity index (χ1) is 16.3. The lowest BCUT2D eigenvalue weighted by atomic mass is 9.97. The van der Waals surface area contributed by atoms with Gasteiger partial charge in [-0.05, 0) is 45.7 Å². The highest BCUT2D eigenvalue weighted by molar-refractivity contribution is 5.87. The van der Waals surface area contributed by atoms with Gasteiger partial charge in [-0.1, -0.05) is 0 Å². The standard InChI is InChI=1S/C11H19NO4.C6H5NO2.C5H5N3O2/c1-11(2,3)16-10(15)12-6-4-8(5-7-12)9(13)14;8-6(9)5-2-1-3-7-4-5;6-4-2-7-3(1-8-4)5(9)10/h8H,4-7H2,1-3H3,(H,13,14);1-4H,(H,8,9);1-2H,(H2,6,8)(H,9,10). The number of nitrogens with zero attached hydrogens (tertiary/aromatic N) is 4. The Kier molecular flexibility index (Phi) is 11.0. The average Bonchev–Trinajstić information content (AvgIpc) is 2.80. The van der Waals surface area contributed by atoms with Gasteiger partial charge in [-0.25, -0.2) is 24.4 Å². The molecule has 0 spiro atoms. The number of rotatable bonds is 3. The number of aromatic nitrogens is 3. The van der Waals surface area contributed by atoms with E-state index in [1.165, 1.54) is 24.7 Å². The van der Waals surface area contributed by atoms with Gasteiger partial charge in [0.05, 0.1) is 23.9 Å². The summed E-state index contributed by atoms with van der Waals surface area (Å²) in [4.78, 5) is 54.9. The van der Waals surface area contributed by atoms with Crippen molar-refractivity contribution in [2.45, 2.75) is 39.2 Å². The number of carbonyl (C=O) groups excluding carboxylic acids is 1. The van der Waals surface area contributed by atoms with Crippen LogP contribution >= 0.6 is 0 Å². The maximum Gasteiger partial charge on any atom is 0.410 e. The molecule has 1 amide bonds. The molecule has 190 valence electrons. The number of carboxylic acids is 3. The number of anilines is 1. The first kappa shape index (κ1) is 28.7. The van der Waals surface area contributed by atoms with Crippen LogP contribution in [0.1, 0.15) is 54.5 Å². The SMILES string of the molecule is CC(C)(C)OC(=O)N1CCC(C(=O)O)CC1.Nc1cnc(C(=O)O)cn1.O=C(O)c1cccnc1. The van der Waals surface area contributed by atoms with Crippen LogP contribution in [0.5, 0.6) is 0 Å². The number of piperidine rings is 1.